The van der Waals surface area contributed by atoms with Gasteiger partial charge in [0, 0.05) is 6.04 Å². The van der Waals surface area contributed by atoms with Gasteiger partial charge >= 0.3 is 6.03 Å². The zero-order chi connectivity index (χ0) is 13.5. The Morgan fingerprint density at radius 2 is 1.83 bits per heavy atom. The number of ether oxygens (including phenoxy) is 1. The van der Waals surface area contributed by atoms with E-state index in [0.29, 0.717) is 12.4 Å². The number of halogens is 1. The van der Waals surface area contributed by atoms with Crippen molar-refractivity contribution < 1.29 is 13.9 Å². The van der Waals surface area contributed by atoms with E-state index in [4.69, 9.17) is 4.74 Å². The maximum Gasteiger partial charge on any atom is 0.315 e. The van der Waals surface area contributed by atoms with Crippen molar-refractivity contribution >= 4 is 6.03 Å². The molecule has 5 heteroatoms. The maximum absolute atomic E-state index is 12.7. The molecule has 2 amide bonds. The monoisotopic (exact) mass is 254 g/mol. The minimum Gasteiger partial charge on any atom is -0.491 e. The van der Waals surface area contributed by atoms with Gasteiger partial charge in [0.05, 0.1) is 6.04 Å². The first kappa shape index (κ1) is 14.3. The third kappa shape index (κ3) is 5.52. The largest absolute Gasteiger partial charge is 0.491 e. The van der Waals surface area contributed by atoms with Crippen molar-refractivity contribution in [2.75, 3.05) is 6.61 Å². The summed E-state index contributed by atoms with van der Waals surface area (Å²) in [5, 5.41) is 5.47. The molecular weight excluding hydrogens is 235 g/mol. The quantitative estimate of drug-likeness (QED) is 0.847. The highest BCUT2D eigenvalue weighted by Crippen LogP contribution is 2.11. The lowest BCUT2D eigenvalue weighted by Gasteiger charge is -2.16. The van der Waals surface area contributed by atoms with Gasteiger partial charge in [-0.2, -0.15) is 0 Å². The van der Waals surface area contributed by atoms with Gasteiger partial charge in [-0.3, -0.25) is 0 Å². The van der Waals surface area contributed by atoms with Crippen LogP contribution in [0.15, 0.2) is 24.3 Å². The Bertz CT molecular complexity index is 379. The first-order chi connectivity index (χ1) is 8.47. The van der Waals surface area contributed by atoms with Gasteiger partial charge in [-0.25, -0.2) is 9.18 Å². The Morgan fingerprint density at radius 1 is 1.22 bits per heavy atom. The third-order valence-electron chi connectivity index (χ3n) is 2.11. The highest BCUT2D eigenvalue weighted by Gasteiger charge is 2.08. The topological polar surface area (TPSA) is 50.4 Å². The molecule has 4 nitrogen and oxygen atoms in total. The zero-order valence-electron chi connectivity index (χ0n) is 10.9. The third-order valence-corrected chi connectivity index (χ3v) is 2.11. The van der Waals surface area contributed by atoms with Crippen LogP contribution in [-0.4, -0.2) is 24.7 Å². The number of nitrogens with one attached hydrogen (secondary N) is 2. The van der Waals surface area contributed by atoms with Crippen molar-refractivity contribution in [1.82, 2.24) is 10.6 Å². The lowest BCUT2D eigenvalue weighted by atomic mass is 10.3. The Labute approximate surface area is 107 Å². The molecule has 1 aromatic carbocycles. The van der Waals surface area contributed by atoms with E-state index in [2.05, 4.69) is 10.6 Å². The molecular formula is C13H19FN2O2. The van der Waals surface area contributed by atoms with Gasteiger partial charge in [0.2, 0.25) is 0 Å². The summed E-state index contributed by atoms with van der Waals surface area (Å²) in [6.07, 6.45) is 0. The Morgan fingerprint density at radius 3 is 2.39 bits per heavy atom. The zero-order valence-corrected chi connectivity index (χ0v) is 10.9. The van der Waals surface area contributed by atoms with E-state index in [1.807, 2.05) is 20.8 Å². The Kier molecular flexibility index (Phi) is 5.42. The molecule has 0 heterocycles. The van der Waals surface area contributed by atoms with E-state index >= 15 is 0 Å². The fourth-order valence-electron chi connectivity index (χ4n) is 1.32. The molecule has 0 bridgehead atoms. The van der Waals surface area contributed by atoms with E-state index in [1.54, 1.807) is 12.1 Å². The Balaban J connectivity index is 2.30. The fourth-order valence-corrected chi connectivity index (χ4v) is 1.32. The molecule has 0 aliphatic carbocycles. The number of hydrogen-bond acceptors (Lipinski definition) is 2. The molecule has 1 atom stereocenters. The predicted molar refractivity (Wildman–Crippen MR) is 68.2 cm³/mol. The molecule has 1 rings (SSSR count). The normalized spacial score (nSPS) is 12.1. The molecule has 100 valence electrons. The van der Waals surface area contributed by atoms with E-state index < -0.39 is 0 Å². The van der Waals surface area contributed by atoms with E-state index in [9.17, 15) is 9.18 Å². The van der Waals surface area contributed by atoms with Gasteiger partial charge in [0.15, 0.2) is 0 Å². The van der Waals surface area contributed by atoms with Crippen LogP contribution in [0, 0.1) is 5.82 Å². The van der Waals surface area contributed by atoms with Crippen LogP contribution in [0.4, 0.5) is 9.18 Å². The van der Waals surface area contributed by atoms with Crippen molar-refractivity contribution in [3.05, 3.63) is 30.1 Å². The summed E-state index contributed by atoms with van der Waals surface area (Å²) in [7, 11) is 0. The predicted octanol–water partition coefficient (Wildman–Crippen LogP) is 2.30. The van der Waals surface area contributed by atoms with Gasteiger partial charge in [-0.15, -0.1) is 0 Å². The van der Waals surface area contributed by atoms with Gasteiger partial charge in [0.25, 0.3) is 0 Å². The molecule has 1 unspecified atom stereocenters. The Hall–Kier alpha value is -1.78. The summed E-state index contributed by atoms with van der Waals surface area (Å²) in [5.74, 6) is 0.277. The second-order valence-corrected chi connectivity index (χ2v) is 4.44. The molecule has 0 aromatic heterocycles. The fraction of sp³-hybridized carbons (Fsp3) is 0.462. The summed E-state index contributed by atoms with van der Waals surface area (Å²) in [4.78, 5) is 11.4. The maximum atomic E-state index is 12.7. The van der Waals surface area contributed by atoms with Crippen molar-refractivity contribution in [1.29, 1.82) is 0 Å². The van der Waals surface area contributed by atoms with Crippen molar-refractivity contribution in [2.45, 2.75) is 32.9 Å². The number of carbonyl (C=O) groups excluding carboxylic acids is 1. The molecule has 0 fully saturated rings. The number of carbonyl (C=O) groups is 1. The van der Waals surface area contributed by atoms with Crippen LogP contribution in [0.5, 0.6) is 5.75 Å². The number of rotatable bonds is 5. The van der Waals surface area contributed by atoms with Crippen molar-refractivity contribution in [3.8, 4) is 5.75 Å². The molecule has 18 heavy (non-hydrogen) atoms. The standard InChI is InChI=1S/C13H19FN2O2/c1-9(2)15-13(17)16-10(3)8-18-12-6-4-11(14)5-7-12/h4-7,9-10H,8H2,1-3H3,(H2,15,16,17). The van der Waals surface area contributed by atoms with Crippen LogP contribution in [0.2, 0.25) is 0 Å². The SMILES string of the molecule is CC(C)NC(=O)NC(C)COc1ccc(F)cc1. The van der Waals surface area contributed by atoms with E-state index in [0.717, 1.165) is 0 Å². The highest BCUT2D eigenvalue weighted by atomic mass is 19.1. The molecule has 1 aromatic rings. The van der Waals surface area contributed by atoms with Crippen LogP contribution in [0.1, 0.15) is 20.8 Å². The van der Waals surface area contributed by atoms with Crippen LogP contribution >= 0.6 is 0 Å². The van der Waals surface area contributed by atoms with Gasteiger partial charge in [-0.05, 0) is 45.0 Å². The van der Waals surface area contributed by atoms with E-state index in [1.165, 1.54) is 12.1 Å². The molecule has 0 saturated carbocycles. The van der Waals surface area contributed by atoms with E-state index in [-0.39, 0.29) is 23.9 Å². The number of benzene rings is 1. The highest BCUT2D eigenvalue weighted by molar-refractivity contribution is 5.74. The van der Waals surface area contributed by atoms with Crippen molar-refractivity contribution in [2.24, 2.45) is 0 Å². The first-order valence-electron chi connectivity index (χ1n) is 5.92. The smallest absolute Gasteiger partial charge is 0.315 e. The summed E-state index contributed by atoms with van der Waals surface area (Å²) >= 11 is 0. The number of urea groups is 1. The molecule has 0 aliphatic rings. The van der Waals surface area contributed by atoms with Gasteiger partial charge in [-0.1, -0.05) is 0 Å². The summed E-state index contributed by atoms with van der Waals surface area (Å²) in [6, 6.07) is 5.51. The van der Waals surface area contributed by atoms with Crippen LogP contribution in [0.3, 0.4) is 0 Å². The summed E-state index contributed by atoms with van der Waals surface area (Å²) < 4.78 is 18.1. The van der Waals surface area contributed by atoms with Crippen LogP contribution in [0.25, 0.3) is 0 Å². The summed E-state index contributed by atoms with van der Waals surface area (Å²) in [5.41, 5.74) is 0. The lowest BCUT2D eigenvalue weighted by Crippen LogP contribution is -2.45. The van der Waals surface area contributed by atoms with Crippen LogP contribution < -0.4 is 15.4 Å². The average molecular weight is 254 g/mol. The first-order valence-corrected chi connectivity index (χ1v) is 5.92. The molecule has 0 saturated heterocycles. The van der Waals surface area contributed by atoms with Gasteiger partial charge in [0.1, 0.15) is 18.2 Å². The summed E-state index contributed by atoms with van der Waals surface area (Å²) in [6.45, 7) is 5.94. The second kappa shape index (κ2) is 6.83. The number of hydrogen-bond donors (Lipinski definition) is 2. The average Bonchev–Trinajstić information content (AvgIpc) is 2.27. The molecule has 0 radical (unpaired) electrons. The molecule has 0 aliphatic heterocycles. The minimum absolute atomic E-state index is 0.0928. The minimum atomic E-state index is -0.301. The number of amides is 2. The molecule has 2 N–H and O–H groups in total. The molecule has 0 spiro atoms. The van der Waals surface area contributed by atoms with Crippen molar-refractivity contribution in [3.63, 3.8) is 0 Å². The lowest BCUT2D eigenvalue weighted by molar-refractivity contribution is 0.224. The second-order valence-electron chi connectivity index (χ2n) is 4.44. The van der Waals surface area contributed by atoms with Gasteiger partial charge < -0.3 is 15.4 Å². The van der Waals surface area contributed by atoms with Crippen LogP contribution in [-0.2, 0) is 0 Å².